The van der Waals surface area contributed by atoms with E-state index in [0.717, 1.165) is 12.8 Å². The van der Waals surface area contributed by atoms with Crippen LogP contribution in [0.2, 0.25) is 0 Å². The standard InChI is InChI=1S/C13H19N3O4S/c1-9(10-3-4-10)8-15-21(19,20)13-6-5-11(16(17)18)7-12(13)14-2/h5-7,9-10,14-15H,3-4,8H2,1-2H3. The van der Waals surface area contributed by atoms with Crippen LogP contribution in [0.4, 0.5) is 11.4 Å². The van der Waals surface area contributed by atoms with E-state index in [1.54, 1.807) is 0 Å². The van der Waals surface area contributed by atoms with Gasteiger partial charge in [0, 0.05) is 25.7 Å². The van der Waals surface area contributed by atoms with Crippen molar-refractivity contribution in [3.63, 3.8) is 0 Å². The first-order chi connectivity index (χ1) is 9.85. The number of hydrogen-bond acceptors (Lipinski definition) is 5. The second-order valence-electron chi connectivity index (χ2n) is 5.35. The summed E-state index contributed by atoms with van der Waals surface area (Å²) in [4.78, 5) is 10.2. The predicted octanol–water partition coefficient (Wildman–Crippen LogP) is 1.96. The molecule has 1 aliphatic rings. The minimum atomic E-state index is -3.68. The molecule has 21 heavy (non-hydrogen) atoms. The highest BCUT2D eigenvalue weighted by Gasteiger charge is 2.29. The quantitative estimate of drug-likeness (QED) is 0.592. The van der Waals surface area contributed by atoms with Crippen molar-refractivity contribution in [2.75, 3.05) is 18.9 Å². The molecule has 2 N–H and O–H groups in total. The van der Waals surface area contributed by atoms with E-state index in [2.05, 4.69) is 10.0 Å². The molecule has 0 saturated heterocycles. The number of anilines is 1. The fourth-order valence-corrected chi connectivity index (χ4v) is 3.55. The van der Waals surface area contributed by atoms with Crippen molar-refractivity contribution in [1.82, 2.24) is 4.72 Å². The van der Waals surface area contributed by atoms with Crippen LogP contribution >= 0.6 is 0 Å². The molecular weight excluding hydrogens is 294 g/mol. The largest absolute Gasteiger partial charge is 0.387 e. The van der Waals surface area contributed by atoms with Crippen LogP contribution in [0.3, 0.4) is 0 Å². The monoisotopic (exact) mass is 313 g/mol. The van der Waals surface area contributed by atoms with Gasteiger partial charge >= 0.3 is 0 Å². The topological polar surface area (TPSA) is 101 Å². The molecule has 1 aromatic rings. The molecule has 0 aliphatic heterocycles. The maximum absolute atomic E-state index is 12.3. The number of benzene rings is 1. The Hall–Kier alpha value is -1.67. The summed E-state index contributed by atoms with van der Waals surface area (Å²) in [5, 5.41) is 13.4. The maximum atomic E-state index is 12.3. The number of nitro groups is 1. The van der Waals surface area contributed by atoms with Gasteiger partial charge in [0.1, 0.15) is 4.90 Å². The van der Waals surface area contributed by atoms with Gasteiger partial charge in [-0.3, -0.25) is 10.1 Å². The van der Waals surface area contributed by atoms with E-state index in [0.29, 0.717) is 18.4 Å². The molecule has 1 aromatic carbocycles. The molecule has 1 saturated carbocycles. The third kappa shape index (κ3) is 3.70. The summed E-state index contributed by atoms with van der Waals surface area (Å²) >= 11 is 0. The van der Waals surface area contributed by atoms with Crippen molar-refractivity contribution < 1.29 is 13.3 Å². The minimum Gasteiger partial charge on any atom is -0.387 e. The van der Waals surface area contributed by atoms with Crippen LogP contribution in [0.1, 0.15) is 19.8 Å². The fraction of sp³-hybridized carbons (Fsp3) is 0.538. The average molecular weight is 313 g/mol. The summed E-state index contributed by atoms with van der Waals surface area (Å²) in [6.45, 7) is 2.40. The summed E-state index contributed by atoms with van der Waals surface area (Å²) in [6, 6.07) is 3.67. The molecule has 116 valence electrons. The van der Waals surface area contributed by atoms with Crippen molar-refractivity contribution in [2.45, 2.75) is 24.7 Å². The first-order valence-corrected chi connectivity index (χ1v) is 8.29. The number of sulfonamides is 1. The maximum Gasteiger partial charge on any atom is 0.271 e. The van der Waals surface area contributed by atoms with E-state index in [9.17, 15) is 18.5 Å². The highest BCUT2D eigenvalue weighted by Crippen LogP contribution is 2.36. The molecule has 0 spiro atoms. The van der Waals surface area contributed by atoms with Crippen LogP contribution in [0, 0.1) is 22.0 Å². The number of non-ortho nitro benzene ring substituents is 1. The van der Waals surface area contributed by atoms with E-state index in [1.807, 2.05) is 6.92 Å². The second-order valence-corrected chi connectivity index (χ2v) is 7.09. The number of nitro benzene ring substituents is 1. The summed E-state index contributed by atoms with van der Waals surface area (Å²) < 4.78 is 27.2. The Morgan fingerprint density at radius 2 is 2.10 bits per heavy atom. The third-order valence-corrected chi connectivity index (χ3v) is 5.24. The van der Waals surface area contributed by atoms with Gasteiger partial charge in [-0.25, -0.2) is 13.1 Å². The number of rotatable bonds is 7. The molecule has 7 nitrogen and oxygen atoms in total. The van der Waals surface area contributed by atoms with Crippen LogP contribution in [-0.2, 0) is 10.0 Å². The molecule has 0 aromatic heterocycles. The van der Waals surface area contributed by atoms with Gasteiger partial charge in [0.05, 0.1) is 10.6 Å². The van der Waals surface area contributed by atoms with Crippen molar-refractivity contribution in [2.24, 2.45) is 11.8 Å². The van der Waals surface area contributed by atoms with Gasteiger partial charge in [0.2, 0.25) is 10.0 Å². The third-order valence-electron chi connectivity index (χ3n) is 3.75. The van der Waals surface area contributed by atoms with Gasteiger partial charge in [-0.15, -0.1) is 0 Å². The van der Waals surface area contributed by atoms with Gasteiger partial charge < -0.3 is 5.32 Å². The molecule has 0 radical (unpaired) electrons. The fourth-order valence-electron chi connectivity index (χ4n) is 2.21. The van der Waals surface area contributed by atoms with Gasteiger partial charge in [0.15, 0.2) is 0 Å². The Bertz CT molecular complexity index is 641. The molecule has 1 unspecified atom stereocenters. The Morgan fingerprint density at radius 3 is 2.62 bits per heavy atom. The molecule has 0 bridgehead atoms. The van der Waals surface area contributed by atoms with Gasteiger partial charge in [-0.2, -0.15) is 0 Å². The lowest BCUT2D eigenvalue weighted by Crippen LogP contribution is -2.29. The van der Waals surface area contributed by atoms with Crippen molar-refractivity contribution in [1.29, 1.82) is 0 Å². The van der Waals surface area contributed by atoms with E-state index in [-0.39, 0.29) is 16.3 Å². The molecule has 8 heteroatoms. The zero-order valence-corrected chi connectivity index (χ0v) is 12.8. The van der Waals surface area contributed by atoms with Gasteiger partial charge in [-0.05, 0) is 30.7 Å². The molecule has 1 fully saturated rings. The van der Waals surface area contributed by atoms with Crippen LogP contribution in [-0.4, -0.2) is 26.9 Å². The first kappa shape index (κ1) is 15.7. The Kier molecular flexibility index (Phi) is 4.48. The highest BCUT2D eigenvalue weighted by atomic mass is 32.2. The molecule has 1 atom stereocenters. The zero-order chi connectivity index (χ0) is 15.6. The molecule has 2 rings (SSSR count). The molecular formula is C13H19N3O4S. The Labute approximate surface area is 123 Å². The molecule has 0 heterocycles. The van der Waals surface area contributed by atoms with E-state index in [1.165, 1.54) is 25.2 Å². The van der Waals surface area contributed by atoms with Crippen LogP contribution in [0.5, 0.6) is 0 Å². The predicted molar refractivity (Wildman–Crippen MR) is 79.7 cm³/mol. The lowest BCUT2D eigenvalue weighted by atomic mass is 10.1. The lowest BCUT2D eigenvalue weighted by Gasteiger charge is -2.14. The number of hydrogen-bond donors (Lipinski definition) is 2. The van der Waals surface area contributed by atoms with Crippen molar-refractivity contribution in [3.05, 3.63) is 28.3 Å². The summed E-state index contributed by atoms with van der Waals surface area (Å²) in [7, 11) is -2.15. The van der Waals surface area contributed by atoms with Crippen molar-refractivity contribution >= 4 is 21.4 Å². The summed E-state index contributed by atoms with van der Waals surface area (Å²) in [6.07, 6.45) is 2.31. The SMILES string of the molecule is CNc1cc([N+](=O)[O-])ccc1S(=O)(=O)NCC(C)C1CC1. The van der Waals surface area contributed by atoms with Crippen LogP contribution < -0.4 is 10.0 Å². The van der Waals surface area contributed by atoms with Gasteiger partial charge in [0.25, 0.3) is 5.69 Å². The second kappa shape index (κ2) is 5.98. The Balaban J connectivity index is 2.19. The zero-order valence-electron chi connectivity index (χ0n) is 12.0. The van der Waals surface area contributed by atoms with Crippen LogP contribution in [0.15, 0.2) is 23.1 Å². The average Bonchev–Trinajstić information content (AvgIpc) is 3.28. The van der Waals surface area contributed by atoms with E-state index < -0.39 is 14.9 Å². The first-order valence-electron chi connectivity index (χ1n) is 6.81. The molecule has 1 aliphatic carbocycles. The lowest BCUT2D eigenvalue weighted by molar-refractivity contribution is -0.384. The Morgan fingerprint density at radius 1 is 1.43 bits per heavy atom. The van der Waals surface area contributed by atoms with E-state index in [4.69, 9.17) is 0 Å². The molecule has 0 amide bonds. The summed E-state index contributed by atoms with van der Waals surface area (Å²) in [5.74, 6) is 0.907. The number of nitrogens with zero attached hydrogens (tertiary/aromatic N) is 1. The van der Waals surface area contributed by atoms with E-state index >= 15 is 0 Å². The normalized spacial score (nSPS) is 16.5. The summed E-state index contributed by atoms with van der Waals surface area (Å²) in [5.41, 5.74) is 0.0698. The number of nitrogens with one attached hydrogen (secondary N) is 2. The smallest absolute Gasteiger partial charge is 0.271 e. The van der Waals surface area contributed by atoms with Crippen molar-refractivity contribution in [3.8, 4) is 0 Å². The highest BCUT2D eigenvalue weighted by molar-refractivity contribution is 7.89. The van der Waals surface area contributed by atoms with Crippen LogP contribution in [0.25, 0.3) is 0 Å². The minimum absolute atomic E-state index is 0.0265. The van der Waals surface area contributed by atoms with Gasteiger partial charge in [-0.1, -0.05) is 6.92 Å².